The van der Waals surface area contributed by atoms with Crippen molar-refractivity contribution in [3.05, 3.63) is 29.8 Å². The van der Waals surface area contributed by atoms with E-state index in [4.69, 9.17) is 5.11 Å². The summed E-state index contributed by atoms with van der Waals surface area (Å²) in [4.78, 5) is 23.3. The number of ketones is 1. The van der Waals surface area contributed by atoms with Gasteiger partial charge in [0.1, 0.15) is 11.7 Å². The summed E-state index contributed by atoms with van der Waals surface area (Å²) in [6.45, 7) is 5.56. The largest absolute Gasteiger partial charge is 0.481 e. The molecule has 3 nitrogen and oxygen atoms in total. The number of rotatable bonds is 6. The molecule has 0 saturated carbocycles. The first-order valence-corrected chi connectivity index (χ1v) is 6.77. The van der Waals surface area contributed by atoms with Gasteiger partial charge in [0.2, 0.25) is 0 Å². The first-order valence-electron chi connectivity index (χ1n) is 5.89. The lowest BCUT2D eigenvalue weighted by Gasteiger charge is -2.10. The molecular weight excluding hydrogens is 248 g/mol. The van der Waals surface area contributed by atoms with Crippen LogP contribution < -0.4 is 0 Å². The van der Waals surface area contributed by atoms with Crippen LogP contribution in [-0.4, -0.2) is 22.1 Å². The van der Waals surface area contributed by atoms with Crippen LogP contribution in [0.5, 0.6) is 0 Å². The van der Waals surface area contributed by atoms with E-state index in [9.17, 15) is 9.59 Å². The van der Waals surface area contributed by atoms with Crippen LogP contribution in [0.3, 0.4) is 0 Å². The highest BCUT2D eigenvalue weighted by Crippen LogP contribution is 2.23. The zero-order valence-corrected chi connectivity index (χ0v) is 11.7. The summed E-state index contributed by atoms with van der Waals surface area (Å²) in [7, 11) is 0. The third kappa shape index (κ3) is 4.53. The molecule has 1 atom stereocenters. The van der Waals surface area contributed by atoms with E-state index in [2.05, 4.69) is 13.8 Å². The van der Waals surface area contributed by atoms with E-state index in [0.29, 0.717) is 5.25 Å². The fraction of sp³-hybridized carbons (Fsp3) is 0.429. The van der Waals surface area contributed by atoms with Gasteiger partial charge < -0.3 is 5.11 Å². The van der Waals surface area contributed by atoms with Crippen molar-refractivity contribution >= 4 is 23.5 Å². The molecule has 1 N–H and O–H groups in total. The molecule has 0 unspecified atom stereocenters. The van der Waals surface area contributed by atoms with Gasteiger partial charge in [-0.15, -0.1) is 11.8 Å². The Bertz CT molecular complexity index is 409. The quantitative estimate of drug-likeness (QED) is 0.635. The number of thioether (sulfide) groups is 1. The van der Waals surface area contributed by atoms with Crippen LogP contribution in [0, 0.1) is 5.92 Å². The number of carbonyl (C=O) groups is 2. The van der Waals surface area contributed by atoms with E-state index >= 15 is 0 Å². The summed E-state index contributed by atoms with van der Waals surface area (Å²) >= 11 is 1.76. The highest BCUT2D eigenvalue weighted by molar-refractivity contribution is 7.99. The van der Waals surface area contributed by atoms with Gasteiger partial charge in [-0.2, -0.15) is 0 Å². The molecule has 0 aliphatic rings. The molecule has 0 fully saturated rings. The summed E-state index contributed by atoms with van der Waals surface area (Å²) in [6, 6.07) is 7.73. The van der Waals surface area contributed by atoms with Crippen LogP contribution in [0.2, 0.25) is 0 Å². The summed E-state index contributed by atoms with van der Waals surface area (Å²) in [6.07, 6.45) is 0.261. The summed E-state index contributed by atoms with van der Waals surface area (Å²) in [5.74, 6) is -2.29. The highest BCUT2D eigenvalue weighted by Gasteiger charge is 2.22. The molecular formula is C14H18O3S. The maximum Gasteiger partial charge on any atom is 0.314 e. The number of benzene rings is 1. The Balaban J connectivity index is 2.73. The Morgan fingerprint density at radius 1 is 1.22 bits per heavy atom. The van der Waals surface area contributed by atoms with Gasteiger partial charge >= 0.3 is 5.97 Å². The van der Waals surface area contributed by atoms with Crippen LogP contribution in [0.15, 0.2) is 29.2 Å². The van der Waals surface area contributed by atoms with Crippen molar-refractivity contribution in [2.75, 3.05) is 0 Å². The number of carboxylic acid groups (broad SMARTS) is 1. The zero-order chi connectivity index (χ0) is 13.7. The van der Waals surface area contributed by atoms with E-state index in [1.807, 2.05) is 24.3 Å². The second-order valence-corrected chi connectivity index (χ2v) is 6.17. The van der Waals surface area contributed by atoms with Crippen LogP contribution >= 0.6 is 11.8 Å². The maximum absolute atomic E-state index is 11.2. The number of aliphatic carboxylic acids is 1. The van der Waals surface area contributed by atoms with Gasteiger partial charge in [-0.05, 0) is 31.0 Å². The van der Waals surface area contributed by atoms with Gasteiger partial charge in [-0.25, -0.2) is 0 Å². The van der Waals surface area contributed by atoms with Crippen molar-refractivity contribution < 1.29 is 14.7 Å². The second-order valence-electron chi connectivity index (χ2n) is 4.52. The number of carbonyl (C=O) groups excluding carboxylic acids is 1. The predicted octanol–water partition coefficient (Wildman–Crippen LogP) is 3.02. The molecule has 0 saturated heterocycles. The molecule has 0 aromatic heterocycles. The molecule has 4 heteroatoms. The monoisotopic (exact) mass is 266 g/mol. The smallest absolute Gasteiger partial charge is 0.314 e. The van der Waals surface area contributed by atoms with Gasteiger partial charge in [0, 0.05) is 10.1 Å². The SMILES string of the molecule is CC(=O)[C@H](Cc1ccc(SC(C)C)cc1)C(=O)O. The Morgan fingerprint density at radius 2 is 1.78 bits per heavy atom. The first-order chi connectivity index (χ1) is 8.40. The van der Waals surface area contributed by atoms with Gasteiger partial charge in [0.25, 0.3) is 0 Å². The van der Waals surface area contributed by atoms with Crippen molar-refractivity contribution in [1.82, 2.24) is 0 Å². The molecule has 1 rings (SSSR count). The van der Waals surface area contributed by atoms with E-state index < -0.39 is 11.9 Å². The number of hydrogen-bond donors (Lipinski definition) is 1. The fourth-order valence-corrected chi connectivity index (χ4v) is 2.45. The maximum atomic E-state index is 11.2. The lowest BCUT2D eigenvalue weighted by molar-refractivity contribution is -0.145. The predicted molar refractivity (Wildman–Crippen MR) is 72.9 cm³/mol. The molecule has 0 aliphatic carbocycles. The lowest BCUT2D eigenvalue weighted by Crippen LogP contribution is -2.23. The zero-order valence-electron chi connectivity index (χ0n) is 10.8. The van der Waals surface area contributed by atoms with Crippen LogP contribution in [0.25, 0.3) is 0 Å². The Morgan fingerprint density at radius 3 is 2.17 bits per heavy atom. The van der Waals surface area contributed by atoms with E-state index in [1.54, 1.807) is 11.8 Å². The fourth-order valence-electron chi connectivity index (χ4n) is 1.62. The van der Waals surface area contributed by atoms with Gasteiger partial charge in [0.15, 0.2) is 0 Å². The van der Waals surface area contributed by atoms with Crippen molar-refractivity contribution in [3.63, 3.8) is 0 Å². The van der Waals surface area contributed by atoms with Crippen molar-refractivity contribution in [1.29, 1.82) is 0 Å². The minimum atomic E-state index is -1.05. The minimum absolute atomic E-state index is 0.261. The summed E-state index contributed by atoms with van der Waals surface area (Å²) < 4.78 is 0. The Kier molecular flexibility index (Phi) is 5.41. The first kappa shape index (κ1) is 14.8. The molecule has 18 heavy (non-hydrogen) atoms. The Hall–Kier alpha value is -1.29. The lowest BCUT2D eigenvalue weighted by atomic mass is 9.96. The third-order valence-electron chi connectivity index (χ3n) is 2.52. The van der Waals surface area contributed by atoms with E-state index in [-0.39, 0.29) is 12.2 Å². The van der Waals surface area contributed by atoms with Crippen molar-refractivity contribution in [2.45, 2.75) is 37.3 Å². The topological polar surface area (TPSA) is 54.4 Å². The van der Waals surface area contributed by atoms with E-state index in [1.165, 1.54) is 6.92 Å². The highest BCUT2D eigenvalue weighted by atomic mass is 32.2. The van der Waals surface area contributed by atoms with Crippen LogP contribution in [0.1, 0.15) is 26.3 Å². The summed E-state index contributed by atoms with van der Waals surface area (Å²) in [5, 5.41) is 9.47. The number of hydrogen-bond acceptors (Lipinski definition) is 3. The van der Waals surface area contributed by atoms with Gasteiger partial charge in [0.05, 0.1) is 0 Å². The van der Waals surface area contributed by atoms with Gasteiger partial charge in [-0.3, -0.25) is 9.59 Å². The third-order valence-corrected chi connectivity index (χ3v) is 3.54. The molecule has 0 amide bonds. The standard InChI is InChI=1S/C14H18O3S/c1-9(2)18-12-6-4-11(5-7-12)8-13(10(3)15)14(16)17/h4-7,9,13H,8H2,1-3H3,(H,16,17)/t13-/m0/s1. The van der Waals surface area contributed by atoms with Crippen LogP contribution in [0.4, 0.5) is 0 Å². The molecule has 0 spiro atoms. The molecule has 0 bridgehead atoms. The molecule has 1 aromatic rings. The number of carboxylic acids is 1. The van der Waals surface area contributed by atoms with Crippen molar-refractivity contribution in [2.24, 2.45) is 5.92 Å². The molecule has 0 heterocycles. The second kappa shape index (κ2) is 6.59. The molecule has 0 radical (unpaired) electrons. The Labute approximate surface area is 112 Å². The molecule has 1 aromatic carbocycles. The minimum Gasteiger partial charge on any atom is -0.481 e. The van der Waals surface area contributed by atoms with Crippen molar-refractivity contribution in [3.8, 4) is 0 Å². The van der Waals surface area contributed by atoms with E-state index in [0.717, 1.165) is 10.5 Å². The average molecular weight is 266 g/mol. The number of Topliss-reactive ketones (excluding diaryl/α,β-unsaturated/α-hetero) is 1. The molecule has 0 aliphatic heterocycles. The van der Waals surface area contributed by atoms with Crippen LogP contribution in [-0.2, 0) is 16.0 Å². The normalized spacial score (nSPS) is 12.4. The summed E-state index contributed by atoms with van der Waals surface area (Å²) in [5.41, 5.74) is 0.880. The molecule has 98 valence electrons. The average Bonchev–Trinajstić information content (AvgIpc) is 2.26. The van der Waals surface area contributed by atoms with Gasteiger partial charge in [-0.1, -0.05) is 26.0 Å².